The van der Waals surface area contributed by atoms with Crippen molar-refractivity contribution in [2.45, 2.75) is 44.1 Å². The second-order valence-electron chi connectivity index (χ2n) is 6.80. The van der Waals surface area contributed by atoms with Gasteiger partial charge in [0.25, 0.3) is 0 Å². The smallest absolute Gasteiger partial charge is 0.228 e. The number of amides is 1. The number of ether oxygens (including phenoxy) is 1. The normalized spacial score (nSPS) is 24.3. The van der Waals surface area contributed by atoms with Crippen LogP contribution in [0.3, 0.4) is 0 Å². The van der Waals surface area contributed by atoms with Gasteiger partial charge in [0, 0.05) is 24.9 Å². The lowest BCUT2D eigenvalue weighted by Gasteiger charge is -2.39. The Morgan fingerprint density at radius 3 is 2.64 bits per heavy atom. The number of piperidine rings is 1. The highest BCUT2D eigenvalue weighted by atomic mass is 16.5. The molecule has 4 rings (SSSR count). The van der Waals surface area contributed by atoms with Gasteiger partial charge in [0.15, 0.2) is 0 Å². The summed E-state index contributed by atoms with van der Waals surface area (Å²) < 4.78 is 5.47. The average molecular weight is 300 g/mol. The highest BCUT2D eigenvalue weighted by Crippen LogP contribution is 2.33. The first kappa shape index (κ1) is 14.2. The van der Waals surface area contributed by atoms with Crippen molar-refractivity contribution in [2.24, 2.45) is 0 Å². The Labute approximate surface area is 131 Å². The second kappa shape index (κ2) is 6.01. The standard InChI is InChI=1S/C18H24N2O2/c21-18-12-15-11-14(1-2-17(15)19-18)13-3-7-20(8-4-13)16-5-9-22-10-6-16/h1-2,11,13,16H,3-10,12H2,(H,19,21). The summed E-state index contributed by atoms with van der Waals surface area (Å²) in [5, 5.41) is 2.92. The summed E-state index contributed by atoms with van der Waals surface area (Å²) >= 11 is 0. The largest absolute Gasteiger partial charge is 0.381 e. The van der Waals surface area contributed by atoms with Gasteiger partial charge in [-0.1, -0.05) is 12.1 Å². The van der Waals surface area contributed by atoms with E-state index in [1.807, 2.05) is 0 Å². The topological polar surface area (TPSA) is 41.6 Å². The molecular weight excluding hydrogens is 276 g/mol. The number of benzene rings is 1. The lowest BCUT2D eigenvalue weighted by atomic mass is 9.87. The summed E-state index contributed by atoms with van der Waals surface area (Å²) in [7, 11) is 0. The molecule has 1 aromatic rings. The molecule has 0 atom stereocenters. The summed E-state index contributed by atoms with van der Waals surface area (Å²) in [6.45, 7) is 4.25. The molecule has 4 nitrogen and oxygen atoms in total. The molecule has 22 heavy (non-hydrogen) atoms. The van der Waals surface area contributed by atoms with Gasteiger partial charge >= 0.3 is 0 Å². The zero-order valence-electron chi connectivity index (χ0n) is 13.0. The van der Waals surface area contributed by atoms with Crippen LogP contribution in [-0.4, -0.2) is 43.2 Å². The molecule has 118 valence electrons. The highest BCUT2D eigenvalue weighted by Gasteiger charge is 2.28. The van der Waals surface area contributed by atoms with Gasteiger partial charge in [0.2, 0.25) is 5.91 Å². The average Bonchev–Trinajstić information content (AvgIpc) is 2.95. The van der Waals surface area contributed by atoms with E-state index in [2.05, 4.69) is 28.4 Å². The number of likely N-dealkylation sites (tertiary alicyclic amines) is 1. The zero-order valence-corrected chi connectivity index (χ0v) is 13.0. The van der Waals surface area contributed by atoms with E-state index in [1.165, 1.54) is 49.9 Å². The van der Waals surface area contributed by atoms with E-state index in [9.17, 15) is 4.79 Å². The van der Waals surface area contributed by atoms with Crippen LogP contribution < -0.4 is 5.32 Å². The van der Waals surface area contributed by atoms with Crippen molar-refractivity contribution in [3.8, 4) is 0 Å². The number of hydrogen-bond donors (Lipinski definition) is 1. The van der Waals surface area contributed by atoms with Crippen LogP contribution in [0.25, 0.3) is 0 Å². The van der Waals surface area contributed by atoms with Gasteiger partial charge in [-0.3, -0.25) is 4.79 Å². The van der Waals surface area contributed by atoms with Crippen LogP contribution >= 0.6 is 0 Å². The SMILES string of the molecule is O=C1Cc2cc(C3CCN(C4CCOCC4)CC3)ccc2N1. The fourth-order valence-electron chi connectivity index (χ4n) is 4.15. The number of fused-ring (bicyclic) bond motifs is 1. The van der Waals surface area contributed by atoms with Gasteiger partial charge in [-0.15, -0.1) is 0 Å². The van der Waals surface area contributed by atoms with Crippen LogP contribution in [0.4, 0.5) is 5.69 Å². The Hall–Kier alpha value is -1.39. The van der Waals surface area contributed by atoms with Gasteiger partial charge in [0.1, 0.15) is 0 Å². The summed E-state index contributed by atoms with van der Waals surface area (Å²) in [4.78, 5) is 14.1. The Bertz CT molecular complexity index is 558. The fraction of sp³-hybridized carbons (Fsp3) is 0.611. The molecule has 0 spiro atoms. The van der Waals surface area contributed by atoms with Crippen LogP contribution in [0.15, 0.2) is 18.2 Å². The highest BCUT2D eigenvalue weighted by molar-refractivity contribution is 5.99. The van der Waals surface area contributed by atoms with E-state index in [1.54, 1.807) is 0 Å². The number of rotatable bonds is 2. The summed E-state index contributed by atoms with van der Waals surface area (Å²) in [5.41, 5.74) is 3.60. The monoisotopic (exact) mass is 300 g/mol. The summed E-state index contributed by atoms with van der Waals surface area (Å²) in [6, 6.07) is 7.28. The Morgan fingerprint density at radius 1 is 1.09 bits per heavy atom. The molecule has 0 radical (unpaired) electrons. The molecule has 1 amide bonds. The summed E-state index contributed by atoms with van der Waals surface area (Å²) in [6.07, 6.45) is 5.40. The van der Waals surface area contributed by atoms with Crippen molar-refractivity contribution in [1.82, 2.24) is 4.90 Å². The lowest BCUT2D eigenvalue weighted by molar-refractivity contribution is -0.115. The van der Waals surface area contributed by atoms with Gasteiger partial charge < -0.3 is 15.0 Å². The quantitative estimate of drug-likeness (QED) is 0.912. The predicted molar refractivity (Wildman–Crippen MR) is 86.2 cm³/mol. The van der Waals surface area contributed by atoms with E-state index in [4.69, 9.17) is 4.74 Å². The maximum atomic E-state index is 11.5. The first-order valence-corrected chi connectivity index (χ1v) is 8.54. The molecular formula is C18H24N2O2. The molecule has 4 heteroatoms. The predicted octanol–water partition coefficient (Wildman–Crippen LogP) is 2.54. The minimum absolute atomic E-state index is 0.126. The van der Waals surface area contributed by atoms with Crippen LogP contribution in [0.2, 0.25) is 0 Å². The van der Waals surface area contributed by atoms with Crippen molar-refractivity contribution >= 4 is 11.6 Å². The van der Waals surface area contributed by atoms with Crippen molar-refractivity contribution in [2.75, 3.05) is 31.6 Å². The second-order valence-corrected chi connectivity index (χ2v) is 6.80. The maximum absolute atomic E-state index is 11.5. The van der Waals surface area contributed by atoms with Crippen molar-refractivity contribution < 1.29 is 9.53 Å². The number of carbonyl (C=O) groups excluding carboxylic acids is 1. The fourth-order valence-corrected chi connectivity index (χ4v) is 4.15. The van der Waals surface area contributed by atoms with Crippen LogP contribution in [0, 0.1) is 0 Å². The lowest BCUT2D eigenvalue weighted by Crippen LogP contribution is -2.43. The Morgan fingerprint density at radius 2 is 1.86 bits per heavy atom. The minimum atomic E-state index is 0.126. The third-order valence-electron chi connectivity index (χ3n) is 5.46. The molecule has 0 saturated carbocycles. The van der Waals surface area contributed by atoms with Crippen LogP contribution in [-0.2, 0) is 16.0 Å². The molecule has 0 unspecified atom stereocenters. The van der Waals surface area contributed by atoms with Gasteiger partial charge in [0.05, 0.1) is 6.42 Å². The number of nitrogens with zero attached hydrogens (tertiary/aromatic N) is 1. The van der Waals surface area contributed by atoms with E-state index in [0.717, 1.165) is 24.9 Å². The number of nitrogens with one attached hydrogen (secondary N) is 1. The molecule has 0 aliphatic carbocycles. The van der Waals surface area contributed by atoms with Crippen molar-refractivity contribution in [3.63, 3.8) is 0 Å². The van der Waals surface area contributed by atoms with E-state index >= 15 is 0 Å². The third-order valence-corrected chi connectivity index (χ3v) is 5.46. The molecule has 1 N–H and O–H groups in total. The van der Waals surface area contributed by atoms with Gasteiger partial charge in [-0.25, -0.2) is 0 Å². The molecule has 0 bridgehead atoms. The van der Waals surface area contributed by atoms with Crippen LogP contribution in [0.5, 0.6) is 0 Å². The van der Waals surface area contributed by atoms with Crippen molar-refractivity contribution in [1.29, 1.82) is 0 Å². The zero-order chi connectivity index (χ0) is 14.9. The van der Waals surface area contributed by atoms with Gasteiger partial charge in [-0.05, 0) is 61.9 Å². The molecule has 3 heterocycles. The Kier molecular flexibility index (Phi) is 3.89. The van der Waals surface area contributed by atoms with Gasteiger partial charge in [-0.2, -0.15) is 0 Å². The van der Waals surface area contributed by atoms with E-state index < -0.39 is 0 Å². The third kappa shape index (κ3) is 2.77. The first-order valence-electron chi connectivity index (χ1n) is 8.54. The van der Waals surface area contributed by atoms with E-state index in [-0.39, 0.29) is 5.91 Å². The molecule has 3 aliphatic heterocycles. The minimum Gasteiger partial charge on any atom is -0.381 e. The van der Waals surface area contributed by atoms with Crippen LogP contribution in [0.1, 0.15) is 42.7 Å². The Balaban J connectivity index is 1.39. The molecule has 1 aromatic carbocycles. The number of carbonyl (C=O) groups is 1. The molecule has 2 saturated heterocycles. The summed E-state index contributed by atoms with van der Waals surface area (Å²) in [5.74, 6) is 0.776. The first-order chi connectivity index (χ1) is 10.8. The molecule has 2 fully saturated rings. The molecule has 3 aliphatic rings. The van der Waals surface area contributed by atoms with E-state index in [0.29, 0.717) is 12.3 Å². The van der Waals surface area contributed by atoms with Crippen molar-refractivity contribution in [3.05, 3.63) is 29.3 Å². The number of hydrogen-bond acceptors (Lipinski definition) is 3. The number of anilines is 1. The molecule has 0 aromatic heterocycles. The maximum Gasteiger partial charge on any atom is 0.228 e.